The number of unbranched alkanes of at least 4 members (excludes halogenated alkanes) is 65. The van der Waals surface area contributed by atoms with Gasteiger partial charge in [0.2, 0.25) is 5.91 Å². The molecule has 2 atom stereocenters. The molecule has 0 aromatic heterocycles. The lowest BCUT2D eigenvalue weighted by Gasteiger charge is -2.20. The number of aliphatic hydroxyl groups is 2. The van der Waals surface area contributed by atoms with Crippen molar-refractivity contribution in [3.8, 4) is 0 Å². The molecule has 6 nitrogen and oxygen atoms in total. The van der Waals surface area contributed by atoms with E-state index < -0.39 is 12.1 Å². The first-order chi connectivity index (χ1) is 42.5. The number of amides is 1. The minimum Gasteiger partial charge on any atom is -0.466 e. The molecule has 0 fully saturated rings. The Bertz CT molecular complexity index is 1300. The summed E-state index contributed by atoms with van der Waals surface area (Å²) in [5.41, 5.74) is 0. The minimum absolute atomic E-state index is 0.0254. The molecule has 3 N–H and O–H groups in total. The number of rotatable bonds is 76. The Labute approximate surface area is 539 Å². The maximum atomic E-state index is 12.5. The van der Waals surface area contributed by atoms with Crippen LogP contribution in [0.4, 0.5) is 0 Å². The van der Waals surface area contributed by atoms with Gasteiger partial charge in [0.15, 0.2) is 0 Å². The van der Waals surface area contributed by atoms with Crippen molar-refractivity contribution < 1.29 is 24.5 Å². The number of aliphatic hydroxyl groups excluding tert-OH is 2. The Morgan fingerprint density at radius 3 is 0.791 bits per heavy atom. The molecule has 0 aromatic rings. The van der Waals surface area contributed by atoms with Gasteiger partial charge < -0.3 is 20.3 Å². The molecule has 1 amide bonds. The van der Waals surface area contributed by atoms with Crippen molar-refractivity contribution in [2.45, 2.75) is 475 Å². The van der Waals surface area contributed by atoms with Crippen LogP contribution in [0.5, 0.6) is 0 Å². The molecule has 0 spiro atoms. The van der Waals surface area contributed by atoms with Gasteiger partial charge in [-0.1, -0.05) is 431 Å². The van der Waals surface area contributed by atoms with Crippen molar-refractivity contribution in [1.29, 1.82) is 0 Å². The second kappa shape index (κ2) is 76.1. The maximum Gasteiger partial charge on any atom is 0.305 e. The van der Waals surface area contributed by atoms with Crippen LogP contribution in [0.25, 0.3) is 0 Å². The van der Waals surface area contributed by atoms with Gasteiger partial charge in [-0.2, -0.15) is 0 Å². The molecular formula is C80H157NO5. The lowest BCUT2D eigenvalue weighted by Crippen LogP contribution is -2.45. The summed E-state index contributed by atoms with van der Waals surface area (Å²) in [5.74, 6) is -0.0338. The van der Waals surface area contributed by atoms with E-state index in [4.69, 9.17) is 4.74 Å². The second-order valence-corrected chi connectivity index (χ2v) is 27.8. The summed E-state index contributed by atoms with van der Waals surface area (Å²) in [6.45, 7) is 4.97. The highest BCUT2D eigenvalue weighted by Crippen LogP contribution is 2.20. The molecule has 0 aliphatic heterocycles. The molecule has 0 saturated carbocycles. The summed E-state index contributed by atoms with van der Waals surface area (Å²) < 4.78 is 5.52. The Morgan fingerprint density at radius 2 is 0.535 bits per heavy atom. The third-order valence-electron chi connectivity index (χ3n) is 19.1. The number of hydrogen-bond donors (Lipinski definition) is 3. The summed E-state index contributed by atoms with van der Waals surface area (Å²) in [6.07, 6.45) is 96.2. The highest BCUT2D eigenvalue weighted by Gasteiger charge is 2.18. The molecular weight excluding hydrogens is 1050 g/mol. The zero-order valence-corrected chi connectivity index (χ0v) is 58.8. The van der Waals surface area contributed by atoms with E-state index in [1.165, 1.54) is 398 Å². The molecule has 0 saturated heterocycles. The van der Waals surface area contributed by atoms with E-state index >= 15 is 0 Å². The Morgan fingerprint density at radius 1 is 0.314 bits per heavy atom. The lowest BCUT2D eigenvalue weighted by atomic mass is 10.0. The first-order valence-electron chi connectivity index (χ1n) is 40.0. The van der Waals surface area contributed by atoms with E-state index in [-0.39, 0.29) is 18.5 Å². The summed E-state index contributed by atoms with van der Waals surface area (Å²) in [5, 5.41) is 23.3. The summed E-state index contributed by atoms with van der Waals surface area (Å²) in [7, 11) is 0. The molecule has 86 heavy (non-hydrogen) atoms. The maximum absolute atomic E-state index is 12.5. The van der Waals surface area contributed by atoms with Crippen LogP contribution < -0.4 is 5.32 Å². The molecule has 0 rings (SSSR count). The van der Waals surface area contributed by atoms with E-state index in [9.17, 15) is 19.8 Å². The van der Waals surface area contributed by atoms with E-state index in [1.54, 1.807) is 6.08 Å². The first kappa shape index (κ1) is 84.6. The molecule has 6 heteroatoms. The Hall–Kier alpha value is -1.40. The monoisotopic (exact) mass is 1210 g/mol. The molecule has 0 radical (unpaired) electrons. The topological polar surface area (TPSA) is 95.9 Å². The van der Waals surface area contributed by atoms with E-state index in [0.29, 0.717) is 19.4 Å². The van der Waals surface area contributed by atoms with E-state index in [2.05, 4.69) is 19.2 Å². The number of carbonyl (C=O) groups excluding carboxylic acids is 2. The molecule has 0 bridgehead atoms. The van der Waals surface area contributed by atoms with Crippen molar-refractivity contribution in [1.82, 2.24) is 5.32 Å². The fourth-order valence-corrected chi connectivity index (χ4v) is 13.0. The smallest absolute Gasteiger partial charge is 0.305 e. The van der Waals surface area contributed by atoms with E-state index in [0.717, 1.165) is 38.5 Å². The van der Waals surface area contributed by atoms with Crippen LogP contribution in [0, 0.1) is 0 Å². The van der Waals surface area contributed by atoms with Gasteiger partial charge >= 0.3 is 5.97 Å². The van der Waals surface area contributed by atoms with Crippen LogP contribution >= 0.6 is 0 Å². The van der Waals surface area contributed by atoms with Gasteiger partial charge in [-0.25, -0.2) is 0 Å². The van der Waals surface area contributed by atoms with E-state index in [1.807, 2.05) is 6.08 Å². The number of carbonyl (C=O) groups is 2. The number of nitrogens with one attached hydrogen (secondary N) is 1. The fourth-order valence-electron chi connectivity index (χ4n) is 13.0. The van der Waals surface area contributed by atoms with Gasteiger partial charge in [0.05, 0.1) is 25.4 Å². The average Bonchev–Trinajstić information content (AvgIpc) is 3.54. The first-order valence-corrected chi connectivity index (χ1v) is 40.0. The van der Waals surface area contributed by atoms with Crippen LogP contribution in [0.3, 0.4) is 0 Å². The standard InChI is InChI=1S/C80H157NO5/c1-3-5-7-9-11-13-15-17-19-21-23-33-37-40-44-48-52-56-60-64-68-72-78(83)77(76-82)81-79(84)73-69-65-61-57-53-49-45-41-38-34-31-29-27-25-24-26-28-30-32-35-39-43-47-51-55-59-63-67-71-75-86-80(85)74-70-66-62-58-54-50-46-42-36-22-20-18-16-14-12-10-8-6-4-2/h68,72,77-78,82-83H,3-67,69-71,73-76H2,1-2H3,(H,81,84)/b72-68+. The molecule has 0 aromatic carbocycles. The number of hydrogen-bond acceptors (Lipinski definition) is 5. The molecule has 0 aliphatic carbocycles. The lowest BCUT2D eigenvalue weighted by molar-refractivity contribution is -0.143. The predicted octanol–water partition coefficient (Wildman–Crippen LogP) is 26.3. The molecule has 2 unspecified atom stereocenters. The summed E-state index contributed by atoms with van der Waals surface area (Å²) >= 11 is 0. The number of esters is 1. The van der Waals surface area contributed by atoms with Crippen LogP contribution in [0.1, 0.15) is 463 Å². The normalized spacial score (nSPS) is 12.5. The van der Waals surface area contributed by atoms with Crippen LogP contribution in [-0.2, 0) is 14.3 Å². The summed E-state index contributed by atoms with van der Waals surface area (Å²) in [4.78, 5) is 24.7. The highest BCUT2D eigenvalue weighted by atomic mass is 16.5. The van der Waals surface area contributed by atoms with Gasteiger partial charge in [-0.15, -0.1) is 0 Å². The van der Waals surface area contributed by atoms with Gasteiger partial charge in [0.1, 0.15) is 0 Å². The van der Waals surface area contributed by atoms with Crippen molar-refractivity contribution in [2.75, 3.05) is 13.2 Å². The van der Waals surface area contributed by atoms with Gasteiger partial charge in [-0.3, -0.25) is 9.59 Å². The van der Waals surface area contributed by atoms with Gasteiger partial charge in [0.25, 0.3) is 0 Å². The zero-order valence-electron chi connectivity index (χ0n) is 58.8. The number of allylic oxidation sites excluding steroid dienone is 1. The minimum atomic E-state index is -0.843. The van der Waals surface area contributed by atoms with Crippen LogP contribution in [0.15, 0.2) is 12.2 Å². The largest absolute Gasteiger partial charge is 0.466 e. The predicted molar refractivity (Wildman–Crippen MR) is 380 cm³/mol. The fraction of sp³-hybridized carbons (Fsp3) is 0.950. The third-order valence-corrected chi connectivity index (χ3v) is 19.1. The van der Waals surface area contributed by atoms with Crippen molar-refractivity contribution >= 4 is 11.9 Å². The highest BCUT2D eigenvalue weighted by molar-refractivity contribution is 5.76. The quantitative estimate of drug-likeness (QED) is 0.0320. The van der Waals surface area contributed by atoms with Crippen molar-refractivity contribution in [3.63, 3.8) is 0 Å². The average molecular weight is 1210 g/mol. The molecule has 512 valence electrons. The molecule has 0 heterocycles. The van der Waals surface area contributed by atoms with Gasteiger partial charge in [-0.05, 0) is 32.1 Å². The summed E-state index contributed by atoms with van der Waals surface area (Å²) in [6, 6.07) is -0.626. The number of ether oxygens (including phenoxy) is 1. The third kappa shape index (κ3) is 71.7. The SMILES string of the molecule is CCCCCCCCCCCCCCCCCCCCC/C=C/C(O)C(CO)NC(=O)CCCCCCCCCCCCCCCCCCCCCCCCCCCCCCCOC(=O)CCCCCCCCCCCCCCCCCCCCC. The van der Waals surface area contributed by atoms with Crippen LogP contribution in [-0.4, -0.2) is 47.4 Å². The van der Waals surface area contributed by atoms with Crippen molar-refractivity contribution in [2.24, 2.45) is 0 Å². The Balaban J connectivity index is 3.34. The van der Waals surface area contributed by atoms with Crippen LogP contribution in [0.2, 0.25) is 0 Å². The van der Waals surface area contributed by atoms with Crippen molar-refractivity contribution in [3.05, 3.63) is 12.2 Å². The zero-order chi connectivity index (χ0) is 62.0. The molecule has 0 aliphatic rings. The van der Waals surface area contributed by atoms with Gasteiger partial charge in [0, 0.05) is 12.8 Å². The Kier molecular flexibility index (Phi) is 74.8. The second-order valence-electron chi connectivity index (χ2n) is 27.8.